The van der Waals surface area contributed by atoms with Crippen LogP contribution >= 0.6 is 0 Å². The summed E-state index contributed by atoms with van der Waals surface area (Å²) in [5.74, 6) is 0. The Hall–Kier alpha value is -1.44. The molecule has 0 saturated heterocycles. The number of benzene rings is 1. The molecule has 1 aromatic rings. The Morgan fingerprint density at radius 3 is 2.33 bits per heavy atom. The second-order valence-corrected chi connectivity index (χ2v) is 2.44. The van der Waals surface area contributed by atoms with E-state index in [2.05, 4.69) is 4.99 Å². The molecule has 0 spiro atoms. The molecule has 0 bridgehead atoms. The van der Waals surface area contributed by atoms with Crippen molar-refractivity contribution < 1.29 is 0 Å². The van der Waals surface area contributed by atoms with E-state index < -0.39 is 0 Å². The van der Waals surface area contributed by atoms with Crippen LogP contribution in [0.5, 0.6) is 0 Å². The van der Waals surface area contributed by atoms with E-state index in [1.165, 1.54) is 6.21 Å². The molecule has 0 fully saturated rings. The van der Waals surface area contributed by atoms with E-state index >= 15 is 0 Å². The first-order valence-electron chi connectivity index (χ1n) is 3.97. The van der Waals surface area contributed by atoms with Crippen LogP contribution in [0.3, 0.4) is 0 Å². The van der Waals surface area contributed by atoms with Crippen molar-refractivity contribution in [2.45, 2.75) is 6.92 Å². The number of rotatable bonds is 3. The maximum absolute atomic E-state index is 6.99. The summed E-state index contributed by atoms with van der Waals surface area (Å²) < 4.78 is 0. The van der Waals surface area contributed by atoms with E-state index in [1.807, 2.05) is 37.4 Å². The summed E-state index contributed by atoms with van der Waals surface area (Å²) in [6, 6.07) is 7.73. The van der Waals surface area contributed by atoms with Crippen LogP contribution in [-0.4, -0.2) is 19.0 Å². The summed E-state index contributed by atoms with van der Waals surface area (Å²) in [4.78, 5) is 4.12. The zero-order valence-corrected chi connectivity index (χ0v) is 7.12. The van der Waals surface area contributed by atoms with Crippen LogP contribution in [0, 0.1) is 5.41 Å². The van der Waals surface area contributed by atoms with Crippen LogP contribution in [0.15, 0.2) is 29.3 Å². The van der Waals surface area contributed by atoms with Gasteiger partial charge in [0.15, 0.2) is 0 Å². The minimum atomic E-state index is 0.812. The third kappa shape index (κ3) is 2.31. The highest BCUT2D eigenvalue weighted by Crippen LogP contribution is 1.99. The molecule has 0 amide bonds. The molecule has 1 N–H and O–H groups in total. The van der Waals surface area contributed by atoms with Gasteiger partial charge in [-0.05, 0) is 18.1 Å². The van der Waals surface area contributed by atoms with Crippen LogP contribution in [0.2, 0.25) is 0 Å². The lowest BCUT2D eigenvalue weighted by Gasteiger charge is -1.93. The molecule has 0 aromatic heterocycles. The summed E-state index contributed by atoms with van der Waals surface area (Å²) in [5, 5.41) is 6.99. The van der Waals surface area contributed by atoms with Crippen LogP contribution in [0.1, 0.15) is 18.1 Å². The van der Waals surface area contributed by atoms with Gasteiger partial charge in [0.2, 0.25) is 0 Å². The quantitative estimate of drug-likeness (QED) is 0.657. The molecule has 0 aliphatic rings. The van der Waals surface area contributed by atoms with E-state index in [0.29, 0.717) is 0 Å². The van der Waals surface area contributed by atoms with Gasteiger partial charge in [0.1, 0.15) is 0 Å². The fourth-order valence-corrected chi connectivity index (χ4v) is 0.875. The highest BCUT2D eigenvalue weighted by molar-refractivity contribution is 5.82. The topological polar surface area (TPSA) is 36.2 Å². The molecule has 0 heterocycles. The fourth-order valence-electron chi connectivity index (χ4n) is 0.875. The van der Waals surface area contributed by atoms with E-state index in [1.54, 1.807) is 0 Å². The van der Waals surface area contributed by atoms with Gasteiger partial charge in [-0.1, -0.05) is 24.3 Å². The third-order valence-corrected chi connectivity index (χ3v) is 1.53. The maximum atomic E-state index is 6.99. The van der Waals surface area contributed by atoms with Crippen LogP contribution in [0.4, 0.5) is 0 Å². The first-order chi connectivity index (χ1) is 5.86. The number of hydrogen-bond acceptors (Lipinski definition) is 2. The van der Waals surface area contributed by atoms with Gasteiger partial charge in [-0.2, -0.15) is 0 Å². The van der Waals surface area contributed by atoms with Crippen molar-refractivity contribution in [3.8, 4) is 0 Å². The van der Waals surface area contributed by atoms with Crippen LogP contribution in [-0.2, 0) is 0 Å². The minimum Gasteiger partial charge on any atom is -0.308 e. The molecule has 2 heteroatoms. The summed E-state index contributed by atoms with van der Waals surface area (Å²) in [7, 11) is 0. The smallest absolute Gasteiger partial charge is 0.0361 e. The van der Waals surface area contributed by atoms with Crippen molar-refractivity contribution in [2.24, 2.45) is 4.99 Å². The number of aliphatic imine (C=N–C) groups is 1. The van der Waals surface area contributed by atoms with Gasteiger partial charge in [0.25, 0.3) is 0 Å². The Bertz CT molecular complexity index is 272. The summed E-state index contributed by atoms with van der Waals surface area (Å²) in [6.07, 6.45) is 3.18. The molecular weight excluding hydrogens is 148 g/mol. The molecule has 0 saturated carbocycles. The molecule has 0 aliphatic heterocycles. The molecule has 0 radical (unpaired) electrons. The molecule has 0 atom stereocenters. The largest absolute Gasteiger partial charge is 0.308 e. The van der Waals surface area contributed by atoms with Gasteiger partial charge in [0, 0.05) is 19.0 Å². The zero-order valence-electron chi connectivity index (χ0n) is 7.12. The molecule has 0 aliphatic carbocycles. The Balaban J connectivity index is 2.77. The number of nitrogens with one attached hydrogen (secondary N) is 1. The van der Waals surface area contributed by atoms with Crippen molar-refractivity contribution in [3.05, 3.63) is 35.4 Å². The summed E-state index contributed by atoms with van der Waals surface area (Å²) in [6.45, 7) is 2.81. The SMILES string of the molecule is CCN=Cc1ccc(C=N)cc1. The first-order valence-corrected chi connectivity index (χ1v) is 3.97. The van der Waals surface area contributed by atoms with Crippen molar-refractivity contribution in [3.63, 3.8) is 0 Å². The molecule has 1 rings (SSSR count). The monoisotopic (exact) mass is 160 g/mol. The van der Waals surface area contributed by atoms with Crippen molar-refractivity contribution in [1.29, 1.82) is 5.41 Å². The van der Waals surface area contributed by atoms with E-state index in [-0.39, 0.29) is 0 Å². The van der Waals surface area contributed by atoms with Gasteiger partial charge in [0.05, 0.1) is 0 Å². The third-order valence-electron chi connectivity index (χ3n) is 1.53. The van der Waals surface area contributed by atoms with Gasteiger partial charge in [-0.15, -0.1) is 0 Å². The Labute approximate surface area is 72.5 Å². The lowest BCUT2D eigenvalue weighted by molar-refractivity contribution is 1.14. The highest BCUT2D eigenvalue weighted by atomic mass is 14.7. The average molecular weight is 160 g/mol. The minimum absolute atomic E-state index is 0.812. The Morgan fingerprint density at radius 2 is 1.83 bits per heavy atom. The molecule has 12 heavy (non-hydrogen) atoms. The number of nitrogens with zero attached hydrogens (tertiary/aromatic N) is 1. The number of hydrogen-bond donors (Lipinski definition) is 1. The summed E-state index contributed by atoms with van der Waals surface area (Å²) in [5.41, 5.74) is 2.01. The van der Waals surface area contributed by atoms with Gasteiger partial charge >= 0.3 is 0 Å². The second kappa shape index (κ2) is 4.44. The maximum Gasteiger partial charge on any atom is 0.0361 e. The Kier molecular flexibility index (Phi) is 3.20. The predicted molar refractivity (Wildman–Crippen MR) is 52.5 cm³/mol. The van der Waals surface area contributed by atoms with Crippen molar-refractivity contribution >= 4 is 12.4 Å². The summed E-state index contributed by atoms with van der Waals surface area (Å²) >= 11 is 0. The molecule has 2 nitrogen and oxygen atoms in total. The Morgan fingerprint density at radius 1 is 1.25 bits per heavy atom. The average Bonchev–Trinajstić information content (AvgIpc) is 2.15. The molecule has 1 aromatic carbocycles. The standard InChI is InChI=1S/C10H12N2/c1-2-12-8-10-5-3-9(7-11)4-6-10/h3-8,11H,2H2,1H3. The fraction of sp³-hybridized carbons (Fsp3) is 0.200. The predicted octanol–water partition coefficient (Wildman–Crippen LogP) is 2.12. The van der Waals surface area contributed by atoms with E-state index in [0.717, 1.165) is 17.7 Å². The normalized spacial score (nSPS) is 10.4. The van der Waals surface area contributed by atoms with Gasteiger partial charge in [-0.3, -0.25) is 4.99 Å². The van der Waals surface area contributed by atoms with Crippen molar-refractivity contribution in [1.82, 2.24) is 0 Å². The van der Waals surface area contributed by atoms with Gasteiger partial charge in [-0.25, -0.2) is 0 Å². The lowest BCUT2D eigenvalue weighted by atomic mass is 10.2. The van der Waals surface area contributed by atoms with Gasteiger partial charge < -0.3 is 5.41 Å². The van der Waals surface area contributed by atoms with Crippen LogP contribution < -0.4 is 0 Å². The van der Waals surface area contributed by atoms with E-state index in [9.17, 15) is 0 Å². The first kappa shape index (κ1) is 8.65. The lowest BCUT2D eigenvalue weighted by Crippen LogP contribution is -1.83. The molecular formula is C10H12N2. The highest BCUT2D eigenvalue weighted by Gasteiger charge is 1.87. The second-order valence-electron chi connectivity index (χ2n) is 2.44. The zero-order chi connectivity index (χ0) is 8.81. The van der Waals surface area contributed by atoms with E-state index in [4.69, 9.17) is 5.41 Å². The molecule has 62 valence electrons. The van der Waals surface area contributed by atoms with Crippen LogP contribution in [0.25, 0.3) is 0 Å². The molecule has 0 unspecified atom stereocenters. The van der Waals surface area contributed by atoms with Crippen molar-refractivity contribution in [2.75, 3.05) is 6.54 Å².